The van der Waals surface area contributed by atoms with Crippen LogP contribution in [-0.2, 0) is 13.1 Å². The van der Waals surface area contributed by atoms with Gasteiger partial charge in [0, 0.05) is 36.6 Å². The van der Waals surface area contributed by atoms with Crippen molar-refractivity contribution in [3.63, 3.8) is 0 Å². The number of carbonyl (C=O) groups is 1. The highest BCUT2D eigenvalue weighted by Gasteiger charge is 2.20. The van der Waals surface area contributed by atoms with E-state index in [0.717, 1.165) is 72.8 Å². The summed E-state index contributed by atoms with van der Waals surface area (Å²) in [6.45, 7) is 6.17. The molecule has 6 rings (SSSR count). The minimum Gasteiger partial charge on any atom is -0.320 e. The summed E-state index contributed by atoms with van der Waals surface area (Å²) in [7, 11) is 0. The molecule has 37 heavy (non-hydrogen) atoms. The number of nitrogens with zero attached hydrogens (tertiary/aromatic N) is 6. The largest absolute Gasteiger partial charge is 0.320 e. The molecule has 0 radical (unpaired) electrons. The Kier molecular flexibility index (Phi) is 6.92. The second kappa shape index (κ2) is 10.8. The van der Waals surface area contributed by atoms with E-state index in [1.54, 1.807) is 6.20 Å². The number of hydrogen-bond acceptors (Lipinski definition) is 6. The Hall–Kier alpha value is -3.62. The zero-order valence-corrected chi connectivity index (χ0v) is 21.1. The van der Waals surface area contributed by atoms with Gasteiger partial charge >= 0.3 is 0 Å². The summed E-state index contributed by atoms with van der Waals surface area (Å²) >= 11 is 0. The zero-order chi connectivity index (χ0) is 25.0. The third-order valence-electron chi connectivity index (χ3n) is 7.34. The molecule has 8 heteroatoms. The van der Waals surface area contributed by atoms with Gasteiger partial charge in [-0.3, -0.25) is 24.6 Å². The summed E-state index contributed by atoms with van der Waals surface area (Å²) in [5, 5.41) is 8.63. The predicted molar refractivity (Wildman–Crippen MR) is 145 cm³/mol. The molecule has 2 aliphatic rings. The molecule has 2 fully saturated rings. The maximum absolute atomic E-state index is 13.4. The second-order valence-electron chi connectivity index (χ2n) is 10.1. The number of carbonyl (C=O) groups excluding carboxylic acids is 1. The molecule has 0 spiro atoms. The van der Waals surface area contributed by atoms with Crippen LogP contribution < -0.4 is 5.32 Å². The van der Waals surface area contributed by atoms with Gasteiger partial charge in [-0.15, -0.1) is 0 Å². The SMILES string of the molecule is O=C(Nc1ccnc(CN2CCC2)c1)c1nn(-c2cncc(CN3CCCCCC3)c2)c2ccccc12. The third kappa shape index (κ3) is 5.40. The number of amides is 1. The molecule has 0 aliphatic carbocycles. The van der Waals surface area contributed by atoms with E-state index in [-0.39, 0.29) is 5.91 Å². The Morgan fingerprint density at radius 2 is 1.65 bits per heavy atom. The fraction of sp³-hybridized carbons (Fsp3) is 0.379. The van der Waals surface area contributed by atoms with Crippen molar-refractivity contribution in [1.29, 1.82) is 0 Å². The highest BCUT2D eigenvalue weighted by Crippen LogP contribution is 2.24. The van der Waals surface area contributed by atoms with Gasteiger partial charge in [0.1, 0.15) is 0 Å². The number of fused-ring (bicyclic) bond motifs is 1. The van der Waals surface area contributed by atoms with Crippen LogP contribution in [0.4, 0.5) is 5.69 Å². The normalized spacial score (nSPS) is 16.9. The Morgan fingerprint density at radius 1 is 0.865 bits per heavy atom. The summed E-state index contributed by atoms with van der Waals surface area (Å²) in [5.41, 5.74) is 5.00. The molecule has 1 aromatic carbocycles. The van der Waals surface area contributed by atoms with Crippen molar-refractivity contribution in [1.82, 2.24) is 29.5 Å². The van der Waals surface area contributed by atoms with Crippen molar-refractivity contribution >= 4 is 22.5 Å². The average molecular weight is 496 g/mol. The van der Waals surface area contributed by atoms with Crippen LogP contribution in [0.5, 0.6) is 0 Å². The average Bonchev–Trinajstić information content (AvgIpc) is 3.10. The van der Waals surface area contributed by atoms with Crippen molar-refractivity contribution in [3.8, 4) is 5.69 Å². The number of likely N-dealkylation sites (tertiary alicyclic amines) is 2. The number of aromatic nitrogens is 4. The molecule has 8 nitrogen and oxygen atoms in total. The lowest BCUT2D eigenvalue weighted by Crippen LogP contribution is -2.36. The van der Waals surface area contributed by atoms with Crippen LogP contribution in [0.3, 0.4) is 0 Å². The lowest BCUT2D eigenvalue weighted by molar-refractivity contribution is 0.102. The van der Waals surface area contributed by atoms with Gasteiger partial charge in [0.15, 0.2) is 5.69 Å². The van der Waals surface area contributed by atoms with E-state index in [0.29, 0.717) is 5.69 Å². The van der Waals surface area contributed by atoms with Gasteiger partial charge in [0.25, 0.3) is 5.91 Å². The third-order valence-corrected chi connectivity index (χ3v) is 7.34. The molecule has 1 N–H and O–H groups in total. The van der Waals surface area contributed by atoms with Crippen molar-refractivity contribution < 1.29 is 4.79 Å². The summed E-state index contributed by atoms with van der Waals surface area (Å²) in [6, 6.07) is 13.8. The first-order chi connectivity index (χ1) is 18.2. The number of rotatable bonds is 7. The van der Waals surface area contributed by atoms with Gasteiger partial charge in [-0.1, -0.05) is 31.0 Å². The van der Waals surface area contributed by atoms with Gasteiger partial charge in [-0.2, -0.15) is 5.10 Å². The maximum atomic E-state index is 13.4. The van der Waals surface area contributed by atoms with Crippen molar-refractivity contribution in [2.75, 3.05) is 31.5 Å². The topological polar surface area (TPSA) is 79.2 Å². The van der Waals surface area contributed by atoms with Gasteiger partial charge in [-0.25, -0.2) is 4.68 Å². The molecule has 0 unspecified atom stereocenters. The molecule has 2 saturated heterocycles. The van der Waals surface area contributed by atoms with Crippen molar-refractivity contribution in [3.05, 3.63) is 78.0 Å². The molecule has 1 amide bonds. The molecular formula is C29H33N7O. The van der Waals surface area contributed by atoms with E-state index < -0.39 is 0 Å². The van der Waals surface area contributed by atoms with Crippen LogP contribution in [0.15, 0.2) is 61.1 Å². The Labute approximate surface area is 217 Å². The molecular weight excluding hydrogens is 462 g/mol. The van der Waals surface area contributed by atoms with Gasteiger partial charge in [0.2, 0.25) is 0 Å². The van der Waals surface area contributed by atoms with E-state index >= 15 is 0 Å². The molecule has 190 valence electrons. The molecule has 2 aliphatic heterocycles. The summed E-state index contributed by atoms with van der Waals surface area (Å²) in [5.74, 6) is -0.232. The van der Waals surface area contributed by atoms with Crippen LogP contribution in [0.25, 0.3) is 16.6 Å². The van der Waals surface area contributed by atoms with Crippen molar-refractivity contribution in [2.45, 2.75) is 45.2 Å². The summed E-state index contributed by atoms with van der Waals surface area (Å²) in [6.07, 6.45) is 11.9. The Balaban J connectivity index is 1.25. The molecule has 0 atom stereocenters. The smallest absolute Gasteiger partial charge is 0.276 e. The number of pyridine rings is 2. The van der Waals surface area contributed by atoms with Crippen LogP contribution >= 0.6 is 0 Å². The number of hydrogen-bond donors (Lipinski definition) is 1. The predicted octanol–water partition coefficient (Wildman–Crippen LogP) is 4.65. The number of benzene rings is 1. The van der Waals surface area contributed by atoms with Crippen LogP contribution in [0.2, 0.25) is 0 Å². The number of anilines is 1. The second-order valence-corrected chi connectivity index (χ2v) is 10.1. The lowest BCUT2D eigenvalue weighted by Gasteiger charge is -2.30. The van der Waals surface area contributed by atoms with E-state index in [1.807, 2.05) is 53.5 Å². The van der Waals surface area contributed by atoms with E-state index in [9.17, 15) is 4.79 Å². The van der Waals surface area contributed by atoms with Gasteiger partial charge < -0.3 is 5.32 Å². The standard InChI is InChI=1S/C29H33N7O/c37-29(32-23-10-11-31-24(17-23)21-35-14-7-15-35)28-26-8-3-4-9-27(26)36(33-28)25-16-22(18-30-19-25)20-34-12-5-1-2-6-13-34/h3-4,8-11,16-19H,1-2,5-7,12-15,20-21H2,(H,31,32,37). The first kappa shape index (κ1) is 23.8. The van der Waals surface area contributed by atoms with Crippen molar-refractivity contribution in [2.24, 2.45) is 0 Å². The summed E-state index contributed by atoms with van der Waals surface area (Å²) < 4.78 is 1.84. The fourth-order valence-electron chi connectivity index (χ4n) is 5.26. The highest BCUT2D eigenvalue weighted by atomic mass is 16.2. The lowest BCUT2D eigenvalue weighted by atomic mass is 10.2. The highest BCUT2D eigenvalue weighted by molar-refractivity contribution is 6.11. The Morgan fingerprint density at radius 3 is 2.46 bits per heavy atom. The van der Waals surface area contributed by atoms with Crippen LogP contribution in [0.1, 0.15) is 53.8 Å². The monoisotopic (exact) mass is 495 g/mol. The van der Waals surface area contributed by atoms with Crippen LogP contribution in [-0.4, -0.2) is 61.6 Å². The van der Waals surface area contributed by atoms with E-state index in [4.69, 9.17) is 5.10 Å². The maximum Gasteiger partial charge on any atom is 0.276 e. The fourth-order valence-corrected chi connectivity index (χ4v) is 5.26. The number of nitrogens with one attached hydrogen (secondary N) is 1. The molecule has 4 aromatic rings. The quantitative estimate of drug-likeness (QED) is 0.402. The zero-order valence-electron chi connectivity index (χ0n) is 21.1. The van der Waals surface area contributed by atoms with E-state index in [2.05, 4.69) is 31.2 Å². The molecule has 0 saturated carbocycles. The van der Waals surface area contributed by atoms with Crippen LogP contribution in [0, 0.1) is 0 Å². The first-order valence-electron chi connectivity index (χ1n) is 13.4. The molecule has 5 heterocycles. The minimum absolute atomic E-state index is 0.232. The minimum atomic E-state index is -0.232. The number of para-hydroxylation sites is 1. The first-order valence-corrected chi connectivity index (χ1v) is 13.4. The summed E-state index contributed by atoms with van der Waals surface area (Å²) in [4.78, 5) is 27.2. The van der Waals surface area contributed by atoms with Gasteiger partial charge in [0.05, 0.1) is 23.1 Å². The Bertz CT molecular complexity index is 1390. The molecule has 3 aromatic heterocycles. The molecule has 0 bridgehead atoms. The van der Waals surface area contributed by atoms with E-state index in [1.165, 1.54) is 32.1 Å². The van der Waals surface area contributed by atoms with Gasteiger partial charge in [-0.05, 0) is 75.3 Å².